The van der Waals surface area contributed by atoms with Gasteiger partial charge in [0.15, 0.2) is 5.82 Å². The van der Waals surface area contributed by atoms with Crippen LogP contribution in [0, 0.1) is 6.92 Å². The van der Waals surface area contributed by atoms with Crippen molar-refractivity contribution >= 4 is 46.7 Å². The van der Waals surface area contributed by atoms with Crippen LogP contribution in [0.25, 0.3) is 11.4 Å². The van der Waals surface area contributed by atoms with Gasteiger partial charge in [0.1, 0.15) is 6.04 Å². The Balaban J connectivity index is 1.52. The lowest BCUT2D eigenvalue weighted by Gasteiger charge is -2.10. The van der Waals surface area contributed by atoms with E-state index in [1.165, 1.54) is 4.68 Å². The van der Waals surface area contributed by atoms with E-state index in [4.69, 9.17) is 23.2 Å². The van der Waals surface area contributed by atoms with Crippen molar-refractivity contribution in [3.8, 4) is 11.4 Å². The van der Waals surface area contributed by atoms with Crippen LogP contribution >= 0.6 is 23.2 Å². The quantitative estimate of drug-likeness (QED) is 0.671. The van der Waals surface area contributed by atoms with Crippen molar-refractivity contribution in [1.82, 2.24) is 14.8 Å². The molecule has 0 radical (unpaired) electrons. The molecule has 2 N–H and O–H groups in total. The summed E-state index contributed by atoms with van der Waals surface area (Å²) >= 11 is 11.9. The van der Waals surface area contributed by atoms with Gasteiger partial charge in [-0.2, -0.15) is 4.98 Å². The van der Waals surface area contributed by atoms with Gasteiger partial charge in [0.2, 0.25) is 11.9 Å². The van der Waals surface area contributed by atoms with E-state index in [0.29, 0.717) is 27.5 Å². The lowest BCUT2D eigenvalue weighted by Crippen LogP contribution is -2.23. The van der Waals surface area contributed by atoms with E-state index in [0.717, 1.165) is 11.1 Å². The Hall–Kier alpha value is -2.90. The molecular weight excluding hydrogens is 401 g/mol. The zero-order valence-electron chi connectivity index (χ0n) is 14.7. The molecule has 4 rings (SSSR count). The van der Waals surface area contributed by atoms with Crippen molar-refractivity contribution in [2.45, 2.75) is 19.4 Å². The fourth-order valence-corrected chi connectivity index (χ4v) is 3.47. The number of carbonyl (C=O) groups excluding carboxylic acids is 2. The van der Waals surface area contributed by atoms with Crippen LogP contribution in [0.1, 0.15) is 18.0 Å². The summed E-state index contributed by atoms with van der Waals surface area (Å²) in [7, 11) is 0. The largest absolute Gasteiger partial charge is 0.326 e. The van der Waals surface area contributed by atoms with E-state index in [-0.39, 0.29) is 18.2 Å². The average molecular weight is 416 g/mol. The number of benzene rings is 2. The molecule has 28 heavy (non-hydrogen) atoms. The van der Waals surface area contributed by atoms with Crippen LogP contribution in [-0.2, 0) is 9.59 Å². The maximum atomic E-state index is 12.4. The summed E-state index contributed by atoms with van der Waals surface area (Å²) in [5, 5.41) is 10.6. The van der Waals surface area contributed by atoms with Crippen LogP contribution in [0.4, 0.5) is 11.6 Å². The highest BCUT2D eigenvalue weighted by molar-refractivity contribution is 6.35. The Morgan fingerprint density at radius 1 is 1.18 bits per heavy atom. The van der Waals surface area contributed by atoms with Gasteiger partial charge in [-0.3, -0.25) is 14.9 Å². The van der Waals surface area contributed by atoms with Crippen LogP contribution in [0.3, 0.4) is 0 Å². The first-order valence-electron chi connectivity index (χ1n) is 8.49. The lowest BCUT2D eigenvalue weighted by atomic mass is 10.1. The molecule has 0 aliphatic carbocycles. The van der Waals surface area contributed by atoms with E-state index in [9.17, 15) is 9.59 Å². The summed E-state index contributed by atoms with van der Waals surface area (Å²) < 4.78 is 1.45. The van der Waals surface area contributed by atoms with Crippen LogP contribution in [-0.4, -0.2) is 26.6 Å². The number of anilines is 2. The van der Waals surface area contributed by atoms with Gasteiger partial charge >= 0.3 is 0 Å². The Morgan fingerprint density at radius 3 is 2.54 bits per heavy atom. The molecule has 1 aliphatic rings. The number of fused-ring (bicyclic) bond motifs is 1. The minimum atomic E-state index is -0.781. The van der Waals surface area contributed by atoms with Gasteiger partial charge in [-0.1, -0.05) is 53.0 Å². The number of carbonyl (C=O) groups is 2. The first-order chi connectivity index (χ1) is 13.4. The fraction of sp³-hybridized carbons (Fsp3) is 0.158. The maximum Gasteiger partial charge on any atom is 0.252 e. The first kappa shape index (κ1) is 18.5. The van der Waals surface area contributed by atoms with Gasteiger partial charge in [0, 0.05) is 21.3 Å². The van der Waals surface area contributed by atoms with E-state index >= 15 is 0 Å². The number of hydrogen-bond donors (Lipinski definition) is 2. The van der Waals surface area contributed by atoms with Gasteiger partial charge in [0.05, 0.1) is 6.42 Å². The van der Waals surface area contributed by atoms with Crippen LogP contribution in [0.5, 0.6) is 0 Å². The van der Waals surface area contributed by atoms with Crippen molar-refractivity contribution in [1.29, 1.82) is 0 Å². The summed E-state index contributed by atoms with van der Waals surface area (Å²) in [4.78, 5) is 29.0. The molecule has 142 valence electrons. The molecule has 2 heterocycles. The van der Waals surface area contributed by atoms with Gasteiger partial charge in [-0.05, 0) is 25.1 Å². The molecule has 7 nitrogen and oxygen atoms in total. The Labute approximate surface area is 170 Å². The third-order valence-corrected chi connectivity index (χ3v) is 4.74. The zero-order chi connectivity index (χ0) is 19.8. The van der Waals surface area contributed by atoms with Crippen molar-refractivity contribution in [3.63, 3.8) is 0 Å². The topological polar surface area (TPSA) is 88.9 Å². The molecule has 9 heteroatoms. The second kappa shape index (κ2) is 7.26. The van der Waals surface area contributed by atoms with Gasteiger partial charge < -0.3 is 5.32 Å². The smallest absolute Gasteiger partial charge is 0.252 e. The van der Waals surface area contributed by atoms with Gasteiger partial charge in [-0.25, -0.2) is 4.68 Å². The molecule has 1 atom stereocenters. The summed E-state index contributed by atoms with van der Waals surface area (Å²) in [6.45, 7) is 1.99. The number of nitrogens with one attached hydrogen (secondary N) is 2. The standard InChI is InChI=1S/C19H15Cl2N5O2/c1-10-2-4-11(5-3-10)17-23-19-24-18(28)15(26(19)25-17)9-16(27)22-14-7-12(20)6-13(21)8-14/h2-8,15H,9H2,1H3,(H,22,27)(H,23,24,25,28)/t15-/m0/s1. The molecule has 2 amide bonds. The van der Waals surface area contributed by atoms with E-state index in [1.807, 2.05) is 31.2 Å². The van der Waals surface area contributed by atoms with Crippen LogP contribution in [0.2, 0.25) is 10.0 Å². The molecule has 0 bridgehead atoms. The summed E-state index contributed by atoms with van der Waals surface area (Å²) in [5.74, 6) is 0.120. The summed E-state index contributed by atoms with van der Waals surface area (Å²) in [5.41, 5.74) is 2.41. The summed E-state index contributed by atoms with van der Waals surface area (Å²) in [6.07, 6.45) is -0.0976. The molecule has 0 spiro atoms. The Bertz CT molecular complexity index is 1060. The van der Waals surface area contributed by atoms with E-state index in [2.05, 4.69) is 20.7 Å². The molecule has 0 saturated carbocycles. The highest BCUT2D eigenvalue weighted by atomic mass is 35.5. The molecule has 1 aromatic heterocycles. The second-order valence-corrected chi connectivity index (χ2v) is 7.36. The van der Waals surface area contributed by atoms with Gasteiger partial charge in [0.25, 0.3) is 5.91 Å². The monoisotopic (exact) mass is 415 g/mol. The number of aryl methyl sites for hydroxylation is 1. The van der Waals surface area contributed by atoms with Crippen molar-refractivity contribution in [2.24, 2.45) is 0 Å². The van der Waals surface area contributed by atoms with Crippen molar-refractivity contribution in [3.05, 3.63) is 58.1 Å². The number of amides is 2. The van der Waals surface area contributed by atoms with Crippen molar-refractivity contribution < 1.29 is 9.59 Å². The van der Waals surface area contributed by atoms with Crippen LogP contribution < -0.4 is 10.6 Å². The number of rotatable bonds is 4. The fourth-order valence-electron chi connectivity index (χ4n) is 2.95. The third kappa shape index (κ3) is 3.72. The minimum absolute atomic E-state index is 0.0976. The predicted molar refractivity (Wildman–Crippen MR) is 108 cm³/mol. The molecule has 1 aliphatic heterocycles. The molecule has 0 fully saturated rings. The number of halogens is 2. The lowest BCUT2D eigenvalue weighted by molar-refractivity contribution is -0.123. The zero-order valence-corrected chi connectivity index (χ0v) is 16.3. The second-order valence-electron chi connectivity index (χ2n) is 6.49. The highest BCUT2D eigenvalue weighted by Crippen LogP contribution is 2.29. The molecule has 0 unspecified atom stereocenters. The Kier molecular flexibility index (Phi) is 4.78. The van der Waals surface area contributed by atoms with Crippen molar-refractivity contribution in [2.75, 3.05) is 10.6 Å². The first-order valence-corrected chi connectivity index (χ1v) is 9.25. The van der Waals surface area contributed by atoms with E-state index < -0.39 is 6.04 Å². The Morgan fingerprint density at radius 2 is 1.86 bits per heavy atom. The SMILES string of the molecule is Cc1ccc(-c2nc3n(n2)[C@@H](CC(=O)Nc2cc(Cl)cc(Cl)c2)C(=O)N3)cc1. The van der Waals surface area contributed by atoms with Gasteiger partial charge in [-0.15, -0.1) is 5.10 Å². The minimum Gasteiger partial charge on any atom is -0.326 e. The predicted octanol–water partition coefficient (Wildman–Crippen LogP) is 4.08. The molecular formula is C19H15Cl2N5O2. The highest BCUT2D eigenvalue weighted by Gasteiger charge is 2.35. The number of nitrogens with zero attached hydrogens (tertiary/aromatic N) is 3. The molecule has 2 aromatic carbocycles. The normalized spacial score (nSPS) is 15.2. The van der Waals surface area contributed by atoms with E-state index in [1.54, 1.807) is 18.2 Å². The third-order valence-electron chi connectivity index (χ3n) is 4.30. The van der Waals surface area contributed by atoms with Crippen LogP contribution in [0.15, 0.2) is 42.5 Å². The number of hydrogen-bond acceptors (Lipinski definition) is 4. The summed E-state index contributed by atoms with van der Waals surface area (Å²) in [6, 6.07) is 11.7. The number of aromatic nitrogens is 3. The average Bonchev–Trinajstić information content (AvgIpc) is 3.13. The maximum absolute atomic E-state index is 12.4. The molecule has 3 aromatic rings. The molecule has 0 saturated heterocycles.